The van der Waals surface area contributed by atoms with Gasteiger partial charge in [-0.3, -0.25) is 9.55 Å². The summed E-state index contributed by atoms with van der Waals surface area (Å²) in [5.74, 6) is -0.330. The molecular formula is C17H18FN5O4S. The molecule has 0 saturated heterocycles. The first kappa shape index (κ1) is 19.7. The van der Waals surface area contributed by atoms with Crippen LogP contribution in [0, 0.1) is 5.82 Å². The van der Waals surface area contributed by atoms with E-state index in [4.69, 9.17) is 4.74 Å². The fraction of sp³-hybridized carbons (Fsp3) is 0.235. The maximum Gasteiger partial charge on any atom is 0.346 e. The van der Waals surface area contributed by atoms with E-state index in [1.165, 1.54) is 17.7 Å². The first-order chi connectivity index (χ1) is 13.3. The first-order valence-electron chi connectivity index (χ1n) is 8.22. The average Bonchev–Trinajstić information content (AvgIpc) is 2.97. The highest BCUT2D eigenvalue weighted by molar-refractivity contribution is 7.89. The van der Waals surface area contributed by atoms with Gasteiger partial charge in [0.2, 0.25) is 10.0 Å². The molecule has 0 spiro atoms. The lowest BCUT2D eigenvalue weighted by atomic mass is 10.3. The van der Waals surface area contributed by atoms with Crippen LogP contribution in [0.15, 0.2) is 52.3 Å². The largest absolute Gasteiger partial charge is 0.495 e. The highest BCUT2D eigenvalue weighted by Crippen LogP contribution is 2.24. The fourth-order valence-corrected chi connectivity index (χ4v) is 3.78. The van der Waals surface area contributed by atoms with Gasteiger partial charge in [0, 0.05) is 19.8 Å². The Hall–Kier alpha value is -3.05. The number of aromatic nitrogens is 4. The van der Waals surface area contributed by atoms with E-state index in [1.807, 2.05) is 0 Å². The number of nitrogens with one attached hydrogen (secondary N) is 1. The maximum atomic E-state index is 13.5. The quantitative estimate of drug-likeness (QED) is 0.620. The number of rotatable bonds is 7. The van der Waals surface area contributed by atoms with E-state index in [-0.39, 0.29) is 23.7 Å². The molecule has 0 aliphatic rings. The fourth-order valence-electron chi connectivity index (χ4n) is 2.58. The van der Waals surface area contributed by atoms with E-state index < -0.39 is 21.5 Å². The number of benzene rings is 1. The average molecular weight is 407 g/mol. The second kappa shape index (κ2) is 7.90. The Balaban J connectivity index is 1.77. The number of methoxy groups -OCH3 is 1. The van der Waals surface area contributed by atoms with Crippen molar-refractivity contribution in [3.8, 4) is 17.3 Å². The SMILES string of the molecule is COc1ccc(F)cc1S(=O)(=O)NCCn1nc(-c2ccccn2)n(C)c1=O. The molecule has 0 aliphatic heterocycles. The molecule has 148 valence electrons. The van der Waals surface area contributed by atoms with Gasteiger partial charge in [0.15, 0.2) is 5.82 Å². The van der Waals surface area contributed by atoms with Crippen LogP contribution in [-0.2, 0) is 23.6 Å². The Morgan fingerprint density at radius 2 is 2.04 bits per heavy atom. The normalized spacial score (nSPS) is 11.5. The highest BCUT2D eigenvalue weighted by Gasteiger charge is 2.20. The van der Waals surface area contributed by atoms with Gasteiger partial charge in [0.05, 0.1) is 13.7 Å². The molecule has 0 unspecified atom stereocenters. The van der Waals surface area contributed by atoms with Crippen LogP contribution in [0.5, 0.6) is 5.75 Å². The van der Waals surface area contributed by atoms with Crippen molar-refractivity contribution < 1.29 is 17.5 Å². The molecule has 0 fully saturated rings. The standard InChI is InChI=1S/C17H18FN5O4S/c1-22-16(13-5-3-4-8-19-13)21-23(17(22)24)10-9-20-28(25,26)15-11-12(18)6-7-14(15)27-2/h3-8,11,20H,9-10H2,1-2H3. The Morgan fingerprint density at radius 1 is 1.25 bits per heavy atom. The predicted molar refractivity (Wildman–Crippen MR) is 98.8 cm³/mol. The van der Waals surface area contributed by atoms with Crippen molar-refractivity contribution >= 4 is 10.0 Å². The minimum absolute atomic E-state index is 0.0151. The highest BCUT2D eigenvalue weighted by atomic mass is 32.2. The molecule has 0 amide bonds. The Bertz CT molecular complexity index is 1140. The summed E-state index contributed by atoms with van der Waals surface area (Å²) in [6.07, 6.45) is 1.58. The Labute approximate surface area is 160 Å². The van der Waals surface area contributed by atoms with E-state index in [0.717, 1.165) is 16.8 Å². The van der Waals surface area contributed by atoms with Gasteiger partial charge >= 0.3 is 5.69 Å². The molecule has 3 rings (SSSR count). The number of nitrogens with zero attached hydrogens (tertiary/aromatic N) is 4. The maximum absolute atomic E-state index is 13.5. The van der Waals surface area contributed by atoms with Crippen molar-refractivity contribution in [1.82, 2.24) is 24.1 Å². The van der Waals surface area contributed by atoms with Crippen molar-refractivity contribution in [3.63, 3.8) is 0 Å². The molecule has 11 heteroatoms. The molecule has 0 saturated carbocycles. The number of hydrogen-bond donors (Lipinski definition) is 1. The monoisotopic (exact) mass is 407 g/mol. The van der Waals surface area contributed by atoms with Crippen LogP contribution in [0.25, 0.3) is 11.5 Å². The summed E-state index contributed by atoms with van der Waals surface area (Å²) in [6.45, 7) is -0.142. The summed E-state index contributed by atoms with van der Waals surface area (Å²) in [6, 6.07) is 8.43. The van der Waals surface area contributed by atoms with E-state index in [9.17, 15) is 17.6 Å². The summed E-state index contributed by atoms with van der Waals surface area (Å²) in [5, 5.41) is 4.20. The van der Waals surface area contributed by atoms with Crippen LogP contribution in [0.4, 0.5) is 4.39 Å². The Morgan fingerprint density at radius 3 is 2.71 bits per heavy atom. The molecule has 2 heterocycles. The molecular weight excluding hydrogens is 389 g/mol. The van der Waals surface area contributed by atoms with Crippen LogP contribution >= 0.6 is 0 Å². The van der Waals surface area contributed by atoms with Gasteiger partial charge in [-0.05, 0) is 30.3 Å². The van der Waals surface area contributed by atoms with Crippen molar-refractivity contribution in [3.05, 3.63) is 58.9 Å². The lowest BCUT2D eigenvalue weighted by Crippen LogP contribution is -2.32. The zero-order valence-electron chi connectivity index (χ0n) is 15.2. The van der Waals surface area contributed by atoms with Gasteiger partial charge in [-0.1, -0.05) is 6.07 Å². The summed E-state index contributed by atoms with van der Waals surface area (Å²) >= 11 is 0. The van der Waals surface area contributed by atoms with Gasteiger partial charge in [-0.2, -0.15) is 0 Å². The molecule has 2 aromatic heterocycles. The number of halogens is 1. The summed E-state index contributed by atoms with van der Waals surface area (Å²) in [7, 11) is -1.20. The summed E-state index contributed by atoms with van der Waals surface area (Å²) in [5.41, 5.74) is 0.106. The lowest BCUT2D eigenvalue weighted by Gasteiger charge is -2.10. The zero-order chi connectivity index (χ0) is 20.3. The number of pyridine rings is 1. The second-order valence-corrected chi connectivity index (χ2v) is 7.53. The molecule has 0 atom stereocenters. The van der Waals surface area contributed by atoms with Crippen molar-refractivity contribution in [2.45, 2.75) is 11.4 Å². The number of hydrogen-bond acceptors (Lipinski definition) is 6. The van der Waals surface area contributed by atoms with Gasteiger partial charge in [0.25, 0.3) is 0 Å². The molecule has 0 aliphatic carbocycles. The number of sulfonamides is 1. The van der Waals surface area contributed by atoms with Gasteiger partial charge in [-0.15, -0.1) is 5.10 Å². The van der Waals surface area contributed by atoms with Crippen molar-refractivity contribution in [1.29, 1.82) is 0 Å². The Kier molecular flexibility index (Phi) is 5.56. The zero-order valence-corrected chi connectivity index (χ0v) is 16.0. The second-order valence-electron chi connectivity index (χ2n) is 5.80. The van der Waals surface area contributed by atoms with E-state index in [2.05, 4.69) is 14.8 Å². The molecule has 1 aromatic carbocycles. The van der Waals surface area contributed by atoms with Crippen molar-refractivity contribution in [2.75, 3.05) is 13.7 Å². The third-order valence-corrected chi connectivity index (χ3v) is 5.45. The topological polar surface area (TPSA) is 108 Å². The third-order valence-electron chi connectivity index (χ3n) is 3.97. The molecule has 1 N–H and O–H groups in total. The summed E-state index contributed by atoms with van der Waals surface area (Å²) < 4.78 is 48.1. The van der Waals surface area contributed by atoms with Crippen LogP contribution in [0.2, 0.25) is 0 Å². The molecule has 28 heavy (non-hydrogen) atoms. The van der Waals surface area contributed by atoms with Gasteiger partial charge in [0.1, 0.15) is 22.2 Å². The number of ether oxygens (including phenoxy) is 1. The van der Waals surface area contributed by atoms with Crippen molar-refractivity contribution in [2.24, 2.45) is 7.05 Å². The third kappa shape index (κ3) is 3.94. The molecule has 9 nitrogen and oxygen atoms in total. The van der Waals surface area contributed by atoms with E-state index in [1.54, 1.807) is 31.4 Å². The molecule has 3 aromatic rings. The predicted octanol–water partition coefficient (Wildman–Crippen LogP) is 0.770. The first-order valence-corrected chi connectivity index (χ1v) is 9.70. The molecule has 0 radical (unpaired) electrons. The van der Waals surface area contributed by atoms with Gasteiger partial charge < -0.3 is 4.74 Å². The van der Waals surface area contributed by atoms with Gasteiger partial charge in [-0.25, -0.2) is 27.0 Å². The van der Waals surface area contributed by atoms with E-state index >= 15 is 0 Å². The van der Waals surface area contributed by atoms with E-state index in [0.29, 0.717) is 11.5 Å². The minimum Gasteiger partial charge on any atom is -0.495 e. The van der Waals surface area contributed by atoms with Crippen LogP contribution in [0.1, 0.15) is 0 Å². The minimum atomic E-state index is -4.04. The molecule has 0 bridgehead atoms. The lowest BCUT2D eigenvalue weighted by molar-refractivity contribution is 0.400. The van der Waals surface area contributed by atoms with Crippen LogP contribution in [-0.4, -0.2) is 41.4 Å². The van der Waals surface area contributed by atoms with Crippen LogP contribution in [0.3, 0.4) is 0 Å². The van der Waals surface area contributed by atoms with Crippen LogP contribution < -0.4 is 15.1 Å². The summed E-state index contributed by atoms with van der Waals surface area (Å²) in [4.78, 5) is 16.2. The smallest absolute Gasteiger partial charge is 0.346 e.